The second-order valence-electron chi connectivity index (χ2n) is 3.01. The molecule has 0 saturated carbocycles. The highest BCUT2D eigenvalue weighted by Gasteiger charge is 2.11. The van der Waals surface area contributed by atoms with Gasteiger partial charge in [0.25, 0.3) is 9.05 Å². The van der Waals surface area contributed by atoms with Crippen molar-refractivity contribution < 1.29 is 22.7 Å². The maximum absolute atomic E-state index is 11.0. The number of hydrogen-bond acceptors (Lipinski definition) is 5. The van der Waals surface area contributed by atoms with E-state index < -0.39 is 15.0 Å². The van der Waals surface area contributed by atoms with Crippen LogP contribution in [0.25, 0.3) is 0 Å². The molecule has 0 aromatic heterocycles. The lowest BCUT2D eigenvalue weighted by Gasteiger charge is -2.06. The van der Waals surface area contributed by atoms with Crippen LogP contribution in [0.15, 0.2) is 29.2 Å². The van der Waals surface area contributed by atoms with Gasteiger partial charge in [-0.25, -0.2) is 13.2 Å². The predicted octanol–water partition coefficient (Wildman–Crippen LogP) is 1.56. The number of hydrogen-bond donors (Lipinski definition) is 0. The fourth-order valence-electron chi connectivity index (χ4n) is 1.06. The summed E-state index contributed by atoms with van der Waals surface area (Å²) in [5.41, 5.74) is 0. The number of rotatable bonds is 5. The molecule has 0 amide bonds. The third-order valence-corrected chi connectivity index (χ3v) is 3.10. The molecule has 0 aliphatic carbocycles. The highest BCUT2D eigenvalue weighted by atomic mass is 35.7. The van der Waals surface area contributed by atoms with Gasteiger partial charge in [-0.2, -0.15) is 0 Å². The van der Waals surface area contributed by atoms with E-state index in [1.54, 1.807) is 6.92 Å². The molecule has 0 heterocycles. The van der Waals surface area contributed by atoms with Gasteiger partial charge in [0.15, 0.2) is 6.61 Å². The quantitative estimate of drug-likeness (QED) is 0.604. The van der Waals surface area contributed by atoms with Crippen molar-refractivity contribution in [3.8, 4) is 5.75 Å². The molecule has 0 unspecified atom stereocenters. The van der Waals surface area contributed by atoms with E-state index in [1.807, 2.05) is 0 Å². The molecule has 0 bridgehead atoms. The molecule has 0 spiro atoms. The first-order valence-electron chi connectivity index (χ1n) is 4.76. The molecule has 1 aromatic carbocycles. The van der Waals surface area contributed by atoms with E-state index in [0.717, 1.165) is 0 Å². The standard InChI is InChI=1S/C10H11ClO5S/c1-2-15-10(12)7-16-8-4-3-5-9(6-8)17(11,13)14/h3-6H,2,7H2,1H3. The van der Waals surface area contributed by atoms with Gasteiger partial charge < -0.3 is 9.47 Å². The fraction of sp³-hybridized carbons (Fsp3) is 0.300. The molecule has 0 fully saturated rings. The Bertz CT molecular complexity index is 497. The lowest BCUT2D eigenvalue weighted by Crippen LogP contribution is -2.14. The Morgan fingerprint density at radius 2 is 2.12 bits per heavy atom. The minimum atomic E-state index is -3.80. The zero-order chi connectivity index (χ0) is 12.9. The van der Waals surface area contributed by atoms with E-state index >= 15 is 0 Å². The first-order chi connectivity index (χ1) is 7.93. The molecule has 5 nitrogen and oxygen atoms in total. The molecule has 1 rings (SSSR count). The van der Waals surface area contributed by atoms with Crippen molar-refractivity contribution in [2.45, 2.75) is 11.8 Å². The van der Waals surface area contributed by atoms with Gasteiger partial charge in [-0.15, -0.1) is 0 Å². The lowest BCUT2D eigenvalue weighted by atomic mass is 10.3. The summed E-state index contributed by atoms with van der Waals surface area (Å²) in [4.78, 5) is 10.9. The van der Waals surface area contributed by atoms with Crippen molar-refractivity contribution in [1.29, 1.82) is 0 Å². The third-order valence-electron chi connectivity index (χ3n) is 1.75. The van der Waals surface area contributed by atoms with Gasteiger partial charge in [0.1, 0.15) is 5.75 Å². The zero-order valence-corrected chi connectivity index (χ0v) is 10.6. The highest BCUT2D eigenvalue weighted by Crippen LogP contribution is 2.20. The number of ether oxygens (including phenoxy) is 2. The zero-order valence-electron chi connectivity index (χ0n) is 9.05. The number of esters is 1. The van der Waals surface area contributed by atoms with E-state index in [2.05, 4.69) is 4.74 Å². The second kappa shape index (κ2) is 5.88. The first kappa shape index (κ1) is 13.8. The van der Waals surface area contributed by atoms with E-state index in [-0.39, 0.29) is 23.9 Å². The molecule has 0 aliphatic heterocycles. The van der Waals surface area contributed by atoms with Crippen molar-refractivity contribution in [1.82, 2.24) is 0 Å². The Morgan fingerprint density at radius 3 is 2.71 bits per heavy atom. The smallest absolute Gasteiger partial charge is 0.344 e. The normalized spacial score (nSPS) is 10.9. The molecule has 7 heteroatoms. The van der Waals surface area contributed by atoms with Crippen LogP contribution in [-0.2, 0) is 18.6 Å². The van der Waals surface area contributed by atoms with Crippen LogP contribution in [0.3, 0.4) is 0 Å². The summed E-state index contributed by atoms with van der Waals surface area (Å²) in [5, 5.41) is 0. The minimum absolute atomic E-state index is 0.0828. The maximum atomic E-state index is 11.0. The van der Waals surface area contributed by atoms with Crippen LogP contribution < -0.4 is 4.74 Å². The Morgan fingerprint density at radius 1 is 1.41 bits per heavy atom. The van der Waals surface area contributed by atoms with Crippen molar-refractivity contribution in [3.05, 3.63) is 24.3 Å². The Balaban J connectivity index is 2.70. The maximum Gasteiger partial charge on any atom is 0.344 e. The van der Waals surface area contributed by atoms with Gasteiger partial charge in [0.2, 0.25) is 0 Å². The van der Waals surface area contributed by atoms with Crippen LogP contribution in [-0.4, -0.2) is 27.6 Å². The van der Waals surface area contributed by atoms with E-state index in [0.29, 0.717) is 0 Å². The van der Waals surface area contributed by atoms with Crippen molar-refractivity contribution >= 4 is 25.7 Å². The fourth-order valence-corrected chi connectivity index (χ4v) is 1.85. The molecular weight excluding hydrogens is 268 g/mol. The van der Waals surface area contributed by atoms with Gasteiger partial charge in [-0.05, 0) is 19.1 Å². The predicted molar refractivity (Wildman–Crippen MR) is 61.6 cm³/mol. The van der Waals surface area contributed by atoms with Crippen LogP contribution >= 0.6 is 10.7 Å². The first-order valence-corrected chi connectivity index (χ1v) is 7.07. The van der Waals surface area contributed by atoms with Crippen LogP contribution in [0.5, 0.6) is 5.75 Å². The summed E-state index contributed by atoms with van der Waals surface area (Å²) in [5.74, 6) is -0.286. The van der Waals surface area contributed by atoms with Crippen LogP contribution in [0.4, 0.5) is 0 Å². The summed E-state index contributed by atoms with van der Waals surface area (Å²) in [7, 11) is 1.37. The van der Waals surface area contributed by atoms with Gasteiger partial charge in [-0.1, -0.05) is 6.07 Å². The molecular formula is C10H11ClO5S. The molecule has 94 valence electrons. The van der Waals surface area contributed by atoms with Crippen molar-refractivity contribution in [2.75, 3.05) is 13.2 Å². The number of carbonyl (C=O) groups is 1. The molecule has 0 saturated heterocycles. The Hall–Kier alpha value is -1.27. The third kappa shape index (κ3) is 4.62. The van der Waals surface area contributed by atoms with Gasteiger partial charge >= 0.3 is 5.97 Å². The average molecular weight is 279 g/mol. The summed E-state index contributed by atoms with van der Waals surface area (Å²) >= 11 is 0. The molecule has 1 aromatic rings. The molecule has 0 aliphatic rings. The second-order valence-corrected chi connectivity index (χ2v) is 5.57. The van der Waals surface area contributed by atoms with Gasteiger partial charge in [0.05, 0.1) is 11.5 Å². The average Bonchev–Trinajstić information content (AvgIpc) is 2.26. The number of benzene rings is 1. The van der Waals surface area contributed by atoms with E-state index in [1.165, 1.54) is 24.3 Å². The SMILES string of the molecule is CCOC(=O)COc1cccc(S(=O)(=O)Cl)c1. The van der Waals surface area contributed by atoms with Gasteiger partial charge in [0, 0.05) is 16.7 Å². The van der Waals surface area contributed by atoms with Crippen molar-refractivity contribution in [2.24, 2.45) is 0 Å². The molecule has 0 radical (unpaired) electrons. The van der Waals surface area contributed by atoms with Crippen LogP contribution in [0.1, 0.15) is 6.92 Å². The lowest BCUT2D eigenvalue weighted by molar-refractivity contribution is -0.145. The summed E-state index contributed by atoms with van der Waals surface area (Å²) in [6.07, 6.45) is 0. The topological polar surface area (TPSA) is 69.7 Å². The largest absolute Gasteiger partial charge is 0.482 e. The van der Waals surface area contributed by atoms with Crippen LogP contribution in [0.2, 0.25) is 0 Å². The Labute approximate surface area is 104 Å². The monoisotopic (exact) mass is 278 g/mol. The van der Waals surface area contributed by atoms with E-state index in [9.17, 15) is 13.2 Å². The minimum Gasteiger partial charge on any atom is -0.482 e. The molecule has 0 atom stereocenters. The van der Waals surface area contributed by atoms with E-state index in [4.69, 9.17) is 15.4 Å². The highest BCUT2D eigenvalue weighted by molar-refractivity contribution is 8.13. The number of carbonyl (C=O) groups excluding carboxylic acids is 1. The summed E-state index contributed by atoms with van der Waals surface area (Å²) in [6.45, 7) is 1.66. The summed E-state index contributed by atoms with van der Waals surface area (Å²) in [6, 6.07) is 5.56. The Kier molecular flexibility index (Phi) is 4.77. The van der Waals surface area contributed by atoms with Crippen molar-refractivity contribution in [3.63, 3.8) is 0 Å². The van der Waals surface area contributed by atoms with Gasteiger partial charge in [-0.3, -0.25) is 0 Å². The molecule has 0 N–H and O–H groups in total. The summed E-state index contributed by atoms with van der Waals surface area (Å²) < 4.78 is 31.8. The van der Waals surface area contributed by atoms with Crippen LogP contribution in [0, 0.1) is 0 Å². The molecule has 17 heavy (non-hydrogen) atoms. The number of halogens is 1.